The van der Waals surface area contributed by atoms with Crippen LogP contribution in [0.5, 0.6) is 5.75 Å². The molecule has 8 nitrogen and oxygen atoms in total. The molecule has 27 heavy (non-hydrogen) atoms. The van der Waals surface area contributed by atoms with Crippen molar-refractivity contribution in [3.05, 3.63) is 53.9 Å². The van der Waals surface area contributed by atoms with Crippen molar-refractivity contribution in [1.82, 2.24) is 25.5 Å². The molecule has 2 N–H and O–H groups in total. The van der Waals surface area contributed by atoms with E-state index in [1.807, 2.05) is 0 Å². The number of anilines is 1. The van der Waals surface area contributed by atoms with Gasteiger partial charge in [-0.2, -0.15) is 5.10 Å². The van der Waals surface area contributed by atoms with Crippen LogP contribution >= 0.6 is 0 Å². The standard InChI is InChI=1S/C18H17FN6O2/c1-27-14-5-11(4-13(19)6-14)7-21-18(26)25-3-2-15-16(25)10-20-17(24-15)12-8-22-23-9-12/h4-6,8-10H,2-3,7H2,1H3,(H,21,26)(H,22,23). The first-order chi connectivity index (χ1) is 13.1. The summed E-state index contributed by atoms with van der Waals surface area (Å²) in [4.78, 5) is 23.0. The van der Waals surface area contributed by atoms with Crippen LogP contribution in [0.3, 0.4) is 0 Å². The van der Waals surface area contributed by atoms with Crippen molar-refractivity contribution < 1.29 is 13.9 Å². The summed E-state index contributed by atoms with van der Waals surface area (Å²) in [7, 11) is 1.47. The number of hydrogen-bond acceptors (Lipinski definition) is 5. The number of rotatable bonds is 4. The van der Waals surface area contributed by atoms with Crippen LogP contribution in [-0.2, 0) is 13.0 Å². The Bertz CT molecular complexity index is 976. The number of ether oxygens (including phenoxy) is 1. The van der Waals surface area contributed by atoms with Gasteiger partial charge in [-0.3, -0.25) is 10.00 Å². The lowest BCUT2D eigenvalue weighted by Crippen LogP contribution is -2.38. The van der Waals surface area contributed by atoms with Crippen LogP contribution < -0.4 is 15.0 Å². The highest BCUT2D eigenvalue weighted by molar-refractivity contribution is 5.93. The summed E-state index contributed by atoms with van der Waals surface area (Å²) in [5.41, 5.74) is 2.90. The van der Waals surface area contributed by atoms with Gasteiger partial charge < -0.3 is 10.1 Å². The molecule has 0 unspecified atom stereocenters. The van der Waals surface area contributed by atoms with Gasteiger partial charge in [0, 0.05) is 31.8 Å². The molecule has 0 radical (unpaired) electrons. The lowest BCUT2D eigenvalue weighted by Gasteiger charge is -2.17. The van der Waals surface area contributed by atoms with Gasteiger partial charge >= 0.3 is 6.03 Å². The number of H-pyrrole nitrogens is 1. The molecule has 4 rings (SSSR count). The average Bonchev–Trinajstić information content (AvgIpc) is 3.34. The van der Waals surface area contributed by atoms with Crippen LogP contribution in [0, 0.1) is 5.82 Å². The third-order valence-corrected chi connectivity index (χ3v) is 4.32. The molecule has 0 atom stereocenters. The predicted molar refractivity (Wildman–Crippen MR) is 95.9 cm³/mol. The Balaban J connectivity index is 1.46. The molecule has 2 amide bonds. The summed E-state index contributed by atoms with van der Waals surface area (Å²) >= 11 is 0. The van der Waals surface area contributed by atoms with Crippen LogP contribution in [0.15, 0.2) is 36.8 Å². The second-order valence-corrected chi connectivity index (χ2v) is 6.07. The average molecular weight is 368 g/mol. The summed E-state index contributed by atoms with van der Waals surface area (Å²) in [6.45, 7) is 0.698. The number of carbonyl (C=O) groups is 1. The number of nitrogens with one attached hydrogen (secondary N) is 2. The van der Waals surface area contributed by atoms with Crippen molar-refractivity contribution in [1.29, 1.82) is 0 Å². The van der Waals surface area contributed by atoms with Gasteiger partial charge in [0.2, 0.25) is 0 Å². The molecule has 3 heterocycles. The van der Waals surface area contributed by atoms with Gasteiger partial charge in [0.05, 0.1) is 36.4 Å². The number of carbonyl (C=O) groups excluding carboxylic acids is 1. The molecule has 0 saturated carbocycles. The molecule has 0 aliphatic carbocycles. The van der Waals surface area contributed by atoms with Crippen molar-refractivity contribution in [3.63, 3.8) is 0 Å². The fourth-order valence-electron chi connectivity index (χ4n) is 3.00. The van der Waals surface area contributed by atoms with E-state index in [2.05, 4.69) is 25.5 Å². The molecule has 0 fully saturated rings. The van der Waals surface area contributed by atoms with E-state index in [1.54, 1.807) is 29.6 Å². The molecule has 1 aliphatic rings. The van der Waals surface area contributed by atoms with Gasteiger partial charge in [-0.1, -0.05) is 0 Å². The second-order valence-electron chi connectivity index (χ2n) is 6.07. The number of halogens is 1. The van der Waals surface area contributed by atoms with Crippen LogP contribution in [-0.4, -0.2) is 39.9 Å². The van der Waals surface area contributed by atoms with Gasteiger partial charge in [-0.25, -0.2) is 19.2 Å². The molecule has 0 bridgehead atoms. The molecule has 2 aromatic heterocycles. The van der Waals surface area contributed by atoms with Gasteiger partial charge in [0.25, 0.3) is 0 Å². The number of nitrogens with zero attached hydrogens (tertiary/aromatic N) is 4. The Hall–Kier alpha value is -3.49. The Kier molecular flexibility index (Phi) is 4.41. The van der Waals surface area contributed by atoms with E-state index < -0.39 is 5.82 Å². The number of aromatic amines is 1. The number of fused-ring (bicyclic) bond motifs is 1. The van der Waals surface area contributed by atoms with E-state index in [1.165, 1.54) is 19.2 Å². The molecule has 138 valence electrons. The third kappa shape index (κ3) is 3.43. The quantitative estimate of drug-likeness (QED) is 0.737. The maximum atomic E-state index is 13.6. The summed E-state index contributed by atoms with van der Waals surface area (Å²) < 4.78 is 18.6. The van der Waals surface area contributed by atoms with Gasteiger partial charge in [0.15, 0.2) is 5.82 Å². The highest BCUT2D eigenvalue weighted by Gasteiger charge is 2.26. The minimum atomic E-state index is -0.412. The van der Waals surface area contributed by atoms with E-state index in [9.17, 15) is 9.18 Å². The normalized spacial score (nSPS) is 12.7. The highest BCUT2D eigenvalue weighted by atomic mass is 19.1. The Morgan fingerprint density at radius 3 is 3.04 bits per heavy atom. The summed E-state index contributed by atoms with van der Waals surface area (Å²) in [6.07, 6.45) is 5.65. The third-order valence-electron chi connectivity index (χ3n) is 4.32. The Labute approximate surface area is 154 Å². The monoisotopic (exact) mass is 368 g/mol. The number of hydrogen-bond donors (Lipinski definition) is 2. The zero-order chi connectivity index (χ0) is 18.8. The molecular formula is C18H17FN6O2. The minimum Gasteiger partial charge on any atom is -0.497 e. The molecule has 1 aliphatic heterocycles. The van der Waals surface area contributed by atoms with E-state index in [-0.39, 0.29) is 12.6 Å². The predicted octanol–water partition coefficient (Wildman–Crippen LogP) is 2.29. The second kappa shape index (κ2) is 7.02. The molecule has 9 heteroatoms. The van der Waals surface area contributed by atoms with Gasteiger partial charge in [-0.05, 0) is 17.7 Å². The van der Waals surface area contributed by atoms with Crippen molar-refractivity contribution in [2.75, 3.05) is 18.6 Å². The topological polar surface area (TPSA) is 96.0 Å². The number of urea groups is 1. The van der Waals surface area contributed by atoms with Crippen molar-refractivity contribution in [2.24, 2.45) is 0 Å². The van der Waals surface area contributed by atoms with Crippen LogP contribution in [0.25, 0.3) is 11.4 Å². The summed E-state index contributed by atoms with van der Waals surface area (Å²) in [5, 5.41) is 9.42. The first-order valence-corrected chi connectivity index (χ1v) is 8.38. The van der Waals surface area contributed by atoms with Crippen LogP contribution in [0.4, 0.5) is 14.9 Å². The SMILES string of the molecule is COc1cc(F)cc(CNC(=O)N2CCc3nc(-c4cn[nH]c4)ncc32)c1. The largest absolute Gasteiger partial charge is 0.497 e. The number of benzene rings is 1. The summed E-state index contributed by atoms with van der Waals surface area (Å²) in [5.74, 6) is 0.563. The maximum absolute atomic E-state index is 13.6. The fourth-order valence-corrected chi connectivity index (χ4v) is 3.00. The number of amides is 2. The molecule has 0 saturated heterocycles. The first kappa shape index (κ1) is 17.0. The van der Waals surface area contributed by atoms with E-state index in [4.69, 9.17) is 4.74 Å². The zero-order valence-corrected chi connectivity index (χ0v) is 14.6. The summed E-state index contributed by atoms with van der Waals surface area (Å²) in [6, 6.07) is 4.05. The van der Waals surface area contributed by atoms with Crippen molar-refractivity contribution >= 4 is 11.7 Å². The molecule has 0 spiro atoms. The number of methoxy groups -OCH3 is 1. The molecule has 3 aromatic rings. The Morgan fingerprint density at radius 2 is 2.26 bits per heavy atom. The lowest BCUT2D eigenvalue weighted by atomic mass is 10.2. The maximum Gasteiger partial charge on any atom is 0.322 e. The van der Waals surface area contributed by atoms with Crippen molar-refractivity contribution in [3.8, 4) is 17.1 Å². The highest BCUT2D eigenvalue weighted by Crippen LogP contribution is 2.27. The smallest absolute Gasteiger partial charge is 0.322 e. The molecular weight excluding hydrogens is 351 g/mol. The fraction of sp³-hybridized carbons (Fsp3) is 0.222. The molecule has 1 aromatic carbocycles. The Morgan fingerprint density at radius 1 is 1.37 bits per heavy atom. The van der Waals surface area contributed by atoms with Gasteiger partial charge in [0.1, 0.15) is 11.6 Å². The first-order valence-electron chi connectivity index (χ1n) is 8.38. The van der Waals surface area contributed by atoms with E-state index >= 15 is 0 Å². The van der Waals surface area contributed by atoms with Gasteiger partial charge in [-0.15, -0.1) is 0 Å². The number of aromatic nitrogens is 4. The van der Waals surface area contributed by atoms with E-state index in [0.29, 0.717) is 35.8 Å². The van der Waals surface area contributed by atoms with Crippen LogP contribution in [0.1, 0.15) is 11.3 Å². The zero-order valence-electron chi connectivity index (χ0n) is 14.6. The minimum absolute atomic E-state index is 0.187. The lowest BCUT2D eigenvalue weighted by molar-refractivity contribution is 0.246. The van der Waals surface area contributed by atoms with Crippen molar-refractivity contribution in [2.45, 2.75) is 13.0 Å². The van der Waals surface area contributed by atoms with Crippen LogP contribution in [0.2, 0.25) is 0 Å². The van der Waals surface area contributed by atoms with E-state index in [0.717, 1.165) is 11.3 Å².